The van der Waals surface area contributed by atoms with Crippen LogP contribution >= 0.6 is 31.9 Å². The van der Waals surface area contributed by atoms with Crippen LogP contribution in [0.25, 0.3) is 11.0 Å². The van der Waals surface area contributed by atoms with Crippen LogP contribution in [0.2, 0.25) is 0 Å². The maximum atomic E-state index is 6.61. The number of benzene rings is 2. The van der Waals surface area contributed by atoms with Gasteiger partial charge in [-0.1, -0.05) is 18.2 Å². The van der Waals surface area contributed by atoms with E-state index in [1.54, 1.807) is 0 Å². The molecule has 0 radical (unpaired) electrons. The summed E-state index contributed by atoms with van der Waals surface area (Å²) < 4.78 is 4.40. The summed E-state index contributed by atoms with van der Waals surface area (Å²) in [6, 6.07) is 14.5. The third-order valence-electron chi connectivity index (χ3n) is 4.69. The summed E-state index contributed by atoms with van der Waals surface area (Å²) in [6.07, 6.45) is 3.03. The number of hydrogen-bond donors (Lipinski definition) is 1. The van der Waals surface area contributed by atoms with E-state index in [1.807, 2.05) is 6.07 Å². The average molecular weight is 494 g/mol. The van der Waals surface area contributed by atoms with Gasteiger partial charge in [0.2, 0.25) is 0 Å². The minimum absolute atomic E-state index is 0.140. The summed E-state index contributed by atoms with van der Waals surface area (Å²) >= 11 is 7.10. The Hall–Kier alpha value is -1.21. The number of nitrogens with zero attached hydrogens (tertiary/aromatic N) is 3. The lowest BCUT2D eigenvalue weighted by Gasteiger charge is -2.16. The third-order valence-corrected chi connectivity index (χ3v) is 6.57. The number of imidazole rings is 1. The normalized spacial score (nSPS) is 12.8. The molecule has 1 atom stereocenters. The van der Waals surface area contributed by atoms with E-state index in [9.17, 15) is 0 Å². The minimum atomic E-state index is -0.140. The summed E-state index contributed by atoms with van der Waals surface area (Å²) in [6.45, 7) is 2.04. The number of aromatic nitrogens is 2. The maximum Gasteiger partial charge on any atom is 0.127 e. The largest absolute Gasteiger partial charge is 0.327 e. The van der Waals surface area contributed by atoms with E-state index in [-0.39, 0.29) is 6.04 Å². The molecule has 0 saturated carbocycles. The van der Waals surface area contributed by atoms with Gasteiger partial charge in [-0.25, -0.2) is 4.98 Å². The fraction of sp³-hybridized carbons (Fsp3) is 0.381. The van der Waals surface area contributed by atoms with Crippen molar-refractivity contribution in [2.75, 3.05) is 20.6 Å². The Bertz CT molecular complexity index is 904. The van der Waals surface area contributed by atoms with Crippen molar-refractivity contribution in [3.63, 3.8) is 0 Å². The van der Waals surface area contributed by atoms with Gasteiger partial charge in [-0.15, -0.1) is 0 Å². The highest BCUT2D eigenvalue weighted by Crippen LogP contribution is 2.27. The minimum Gasteiger partial charge on any atom is -0.327 e. The second-order valence-corrected chi connectivity index (χ2v) is 8.89. The van der Waals surface area contributed by atoms with E-state index in [0.717, 1.165) is 52.6 Å². The molecule has 0 bridgehead atoms. The highest BCUT2D eigenvalue weighted by molar-refractivity contribution is 9.13. The molecule has 2 N–H and O–H groups in total. The molecule has 0 spiro atoms. The first kappa shape index (κ1) is 20.5. The number of halogens is 2. The summed E-state index contributed by atoms with van der Waals surface area (Å²) in [5, 5.41) is 0. The predicted molar refractivity (Wildman–Crippen MR) is 120 cm³/mol. The summed E-state index contributed by atoms with van der Waals surface area (Å²) in [5.41, 5.74) is 10.0. The van der Waals surface area contributed by atoms with Gasteiger partial charge in [0.25, 0.3) is 0 Å². The molecule has 0 aliphatic heterocycles. The molecule has 3 aromatic rings. The van der Waals surface area contributed by atoms with Gasteiger partial charge >= 0.3 is 0 Å². The smallest absolute Gasteiger partial charge is 0.127 e. The van der Waals surface area contributed by atoms with Crippen LogP contribution in [0.1, 0.15) is 30.3 Å². The first-order valence-corrected chi connectivity index (χ1v) is 10.8. The van der Waals surface area contributed by atoms with Crippen molar-refractivity contribution in [1.82, 2.24) is 14.5 Å². The number of para-hydroxylation sites is 2. The fourth-order valence-electron chi connectivity index (χ4n) is 3.32. The Kier molecular flexibility index (Phi) is 7.09. The third kappa shape index (κ3) is 5.19. The molecule has 0 aliphatic rings. The van der Waals surface area contributed by atoms with Crippen LogP contribution in [0.15, 0.2) is 51.4 Å². The predicted octanol–water partition coefficient (Wildman–Crippen LogP) is 5.15. The van der Waals surface area contributed by atoms with E-state index in [2.05, 4.69) is 91.8 Å². The van der Waals surface area contributed by atoms with E-state index in [1.165, 1.54) is 11.1 Å². The summed E-state index contributed by atoms with van der Waals surface area (Å²) in [7, 11) is 4.23. The van der Waals surface area contributed by atoms with E-state index in [4.69, 9.17) is 10.7 Å². The van der Waals surface area contributed by atoms with E-state index in [0.29, 0.717) is 0 Å². The van der Waals surface area contributed by atoms with Crippen molar-refractivity contribution in [2.45, 2.75) is 31.8 Å². The lowest BCUT2D eigenvalue weighted by Crippen LogP contribution is -2.20. The molecule has 4 nitrogen and oxygen atoms in total. The van der Waals surface area contributed by atoms with Gasteiger partial charge in [0, 0.05) is 15.5 Å². The zero-order chi connectivity index (χ0) is 19.4. The number of hydrogen-bond acceptors (Lipinski definition) is 3. The van der Waals surface area contributed by atoms with Crippen molar-refractivity contribution in [3.8, 4) is 0 Å². The maximum absolute atomic E-state index is 6.61. The van der Waals surface area contributed by atoms with Crippen molar-refractivity contribution in [2.24, 2.45) is 5.73 Å². The Morgan fingerprint density at radius 1 is 1.07 bits per heavy atom. The quantitative estimate of drug-likeness (QED) is 0.441. The molecule has 0 saturated heterocycles. The molecule has 0 aliphatic carbocycles. The zero-order valence-corrected chi connectivity index (χ0v) is 19.0. The van der Waals surface area contributed by atoms with Crippen LogP contribution < -0.4 is 5.73 Å². The first-order chi connectivity index (χ1) is 13.0. The lowest BCUT2D eigenvalue weighted by molar-refractivity contribution is 0.387. The molecule has 6 heteroatoms. The average Bonchev–Trinajstić information content (AvgIpc) is 3.00. The van der Waals surface area contributed by atoms with Crippen LogP contribution in [0.5, 0.6) is 0 Å². The number of rotatable bonds is 8. The van der Waals surface area contributed by atoms with Gasteiger partial charge in [0.05, 0.1) is 17.1 Å². The summed E-state index contributed by atoms with van der Waals surface area (Å²) in [4.78, 5) is 7.10. The van der Waals surface area contributed by atoms with Crippen LogP contribution in [-0.4, -0.2) is 35.1 Å². The van der Waals surface area contributed by atoms with Crippen molar-refractivity contribution < 1.29 is 0 Å². The highest BCUT2D eigenvalue weighted by Gasteiger charge is 2.17. The molecule has 1 heterocycles. The molecule has 144 valence electrons. The second kappa shape index (κ2) is 9.32. The molecule has 27 heavy (non-hydrogen) atoms. The van der Waals surface area contributed by atoms with Gasteiger partial charge < -0.3 is 15.2 Å². The zero-order valence-electron chi connectivity index (χ0n) is 15.8. The molecule has 0 fully saturated rings. The molecule has 2 aromatic carbocycles. The van der Waals surface area contributed by atoms with Gasteiger partial charge in [0.15, 0.2) is 0 Å². The number of nitrogens with two attached hydrogens (primary N) is 1. The second-order valence-electron chi connectivity index (χ2n) is 7.18. The first-order valence-electron chi connectivity index (χ1n) is 9.25. The van der Waals surface area contributed by atoms with Crippen molar-refractivity contribution >= 4 is 42.9 Å². The SMILES string of the molecule is CN(C)CCCCn1c(C(N)Cc2ccc(Br)c(Br)c2)nc2ccccc21. The van der Waals surface area contributed by atoms with E-state index >= 15 is 0 Å². The number of aryl methyl sites for hydroxylation is 1. The Morgan fingerprint density at radius 2 is 1.85 bits per heavy atom. The molecule has 1 aromatic heterocycles. The number of fused-ring (bicyclic) bond motifs is 1. The Balaban J connectivity index is 1.83. The van der Waals surface area contributed by atoms with Gasteiger partial charge in [0.1, 0.15) is 5.82 Å². The van der Waals surface area contributed by atoms with Crippen LogP contribution in [0.3, 0.4) is 0 Å². The molecule has 1 unspecified atom stereocenters. The summed E-state index contributed by atoms with van der Waals surface area (Å²) in [5.74, 6) is 0.972. The number of unbranched alkanes of at least 4 members (excludes halogenated alkanes) is 1. The monoisotopic (exact) mass is 492 g/mol. The van der Waals surface area contributed by atoms with Crippen molar-refractivity contribution in [1.29, 1.82) is 0 Å². The van der Waals surface area contributed by atoms with Crippen LogP contribution in [0, 0.1) is 0 Å². The van der Waals surface area contributed by atoms with Gasteiger partial charge in [-0.3, -0.25) is 0 Å². The topological polar surface area (TPSA) is 47.1 Å². The van der Waals surface area contributed by atoms with E-state index < -0.39 is 0 Å². The lowest BCUT2D eigenvalue weighted by atomic mass is 10.1. The molecule has 3 rings (SSSR count). The molecule has 0 amide bonds. The van der Waals surface area contributed by atoms with Crippen LogP contribution in [0.4, 0.5) is 0 Å². The molecular weight excluding hydrogens is 468 g/mol. The standard InChI is InChI=1S/C21H26Br2N4/c1-26(2)11-5-6-12-27-20-8-4-3-7-19(20)25-21(27)18(24)14-15-9-10-16(22)17(23)13-15/h3-4,7-10,13,18H,5-6,11-12,14,24H2,1-2H3. The Labute approximate surface area is 178 Å². The fourth-order valence-corrected chi connectivity index (χ4v) is 3.99. The van der Waals surface area contributed by atoms with Gasteiger partial charge in [-0.2, -0.15) is 0 Å². The Morgan fingerprint density at radius 3 is 2.59 bits per heavy atom. The molecular formula is C21H26Br2N4. The van der Waals surface area contributed by atoms with Gasteiger partial charge in [-0.05, 0) is 102 Å². The van der Waals surface area contributed by atoms with Crippen molar-refractivity contribution in [3.05, 3.63) is 62.8 Å². The van der Waals surface area contributed by atoms with Crippen LogP contribution in [-0.2, 0) is 13.0 Å². The highest BCUT2D eigenvalue weighted by atomic mass is 79.9.